The van der Waals surface area contributed by atoms with Crippen LogP contribution in [0.2, 0.25) is 0 Å². The van der Waals surface area contributed by atoms with Crippen LogP contribution in [-0.2, 0) is 20.1 Å². The van der Waals surface area contributed by atoms with Gasteiger partial charge in [0.05, 0.1) is 0 Å². The highest BCUT2D eigenvalue weighted by molar-refractivity contribution is 9.10. The first-order valence-corrected chi connectivity index (χ1v) is 9.44. The van der Waals surface area contributed by atoms with E-state index < -0.39 is 0 Å². The van der Waals surface area contributed by atoms with Crippen molar-refractivity contribution < 1.29 is 0 Å². The van der Waals surface area contributed by atoms with Crippen LogP contribution in [0.15, 0.2) is 38.3 Å². The predicted octanol–water partition coefficient (Wildman–Crippen LogP) is 2.47. The largest absolute Gasteiger partial charge is 0.332 e. The van der Waals surface area contributed by atoms with Crippen molar-refractivity contribution in [2.45, 2.75) is 26.9 Å². The molecule has 0 spiro atoms. The Morgan fingerprint density at radius 3 is 2.54 bits per heavy atom. The summed E-state index contributed by atoms with van der Waals surface area (Å²) < 4.78 is 5.70. The fourth-order valence-electron chi connectivity index (χ4n) is 3.62. The fourth-order valence-corrected chi connectivity index (χ4v) is 3.89. The summed E-state index contributed by atoms with van der Waals surface area (Å²) in [6, 6.07) is 8.02. The lowest BCUT2D eigenvalue weighted by Gasteiger charge is -2.33. The first-order valence-electron chi connectivity index (χ1n) is 8.65. The zero-order valence-electron chi connectivity index (χ0n) is 14.9. The predicted molar refractivity (Wildman–Crippen MR) is 105 cm³/mol. The minimum atomic E-state index is -0.330. The Morgan fingerprint density at radius 2 is 1.88 bits per heavy atom. The SMILES string of the molecule is CCn1c(=O)c2c(nc3n2CC(C)CN3c2ccc(Br)cc2)n(C)c1=O. The summed E-state index contributed by atoms with van der Waals surface area (Å²) in [6.45, 7) is 5.81. The van der Waals surface area contributed by atoms with Crippen LogP contribution in [0.4, 0.5) is 11.6 Å². The molecule has 1 aliphatic rings. The van der Waals surface area contributed by atoms with E-state index in [9.17, 15) is 9.59 Å². The molecule has 3 aromatic rings. The number of halogens is 1. The number of nitrogens with zero attached hydrogens (tertiary/aromatic N) is 5. The molecule has 0 amide bonds. The molecule has 4 rings (SSSR count). The van der Waals surface area contributed by atoms with Gasteiger partial charge in [0.25, 0.3) is 5.56 Å². The highest BCUT2D eigenvalue weighted by Gasteiger charge is 2.29. The third-order valence-electron chi connectivity index (χ3n) is 4.90. The van der Waals surface area contributed by atoms with Crippen LogP contribution in [0.3, 0.4) is 0 Å². The van der Waals surface area contributed by atoms with Gasteiger partial charge in [-0.05, 0) is 37.1 Å². The Labute approximate surface area is 158 Å². The average Bonchev–Trinajstić information content (AvgIpc) is 3.00. The quantitative estimate of drug-likeness (QED) is 0.642. The zero-order chi connectivity index (χ0) is 18.6. The van der Waals surface area contributed by atoms with E-state index in [-0.39, 0.29) is 11.2 Å². The minimum Gasteiger partial charge on any atom is -0.312 e. The normalized spacial score (nSPS) is 16.9. The Hall–Kier alpha value is -2.35. The van der Waals surface area contributed by atoms with Crippen LogP contribution in [0, 0.1) is 5.92 Å². The van der Waals surface area contributed by atoms with Gasteiger partial charge < -0.3 is 9.47 Å². The third kappa shape index (κ3) is 2.43. The molecule has 8 heteroatoms. The van der Waals surface area contributed by atoms with Gasteiger partial charge in [0.2, 0.25) is 5.95 Å². The van der Waals surface area contributed by atoms with Crippen molar-refractivity contribution in [3.63, 3.8) is 0 Å². The van der Waals surface area contributed by atoms with Crippen molar-refractivity contribution >= 4 is 38.7 Å². The van der Waals surface area contributed by atoms with Gasteiger partial charge in [-0.15, -0.1) is 0 Å². The van der Waals surface area contributed by atoms with Crippen LogP contribution in [-0.4, -0.2) is 25.2 Å². The second-order valence-electron chi connectivity index (χ2n) is 6.78. The number of anilines is 2. The summed E-state index contributed by atoms with van der Waals surface area (Å²) in [7, 11) is 1.67. The molecule has 1 aliphatic heterocycles. The van der Waals surface area contributed by atoms with Crippen molar-refractivity contribution in [1.29, 1.82) is 0 Å². The smallest absolute Gasteiger partial charge is 0.312 e. The van der Waals surface area contributed by atoms with E-state index in [1.807, 2.05) is 28.8 Å². The number of benzene rings is 1. The lowest BCUT2D eigenvalue weighted by Crippen LogP contribution is -2.40. The number of hydrogen-bond donors (Lipinski definition) is 0. The first kappa shape index (κ1) is 17.1. The fraction of sp³-hybridized carbons (Fsp3) is 0.389. The van der Waals surface area contributed by atoms with Crippen molar-refractivity contribution in [3.05, 3.63) is 49.6 Å². The van der Waals surface area contributed by atoms with Gasteiger partial charge in [-0.3, -0.25) is 13.9 Å². The molecule has 0 saturated heterocycles. The molecule has 7 nitrogen and oxygen atoms in total. The number of aryl methyl sites for hydroxylation is 1. The molecule has 0 radical (unpaired) electrons. The Bertz CT molecular complexity index is 1110. The molecule has 136 valence electrons. The minimum absolute atomic E-state index is 0.269. The Balaban J connectivity index is 2.03. The monoisotopic (exact) mass is 417 g/mol. The van der Waals surface area contributed by atoms with Gasteiger partial charge in [-0.1, -0.05) is 22.9 Å². The maximum Gasteiger partial charge on any atom is 0.332 e. The molecule has 2 aromatic heterocycles. The van der Waals surface area contributed by atoms with Gasteiger partial charge in [-0.25, -0.2) is 4.79 Å². The number of imidazole rings is 1. The molecule has 0 saturated carbocycles. The van der Waals surface area contributed by atoms with Crippen LogP contribution in [0.5, 0.6) is 0 Å². The summed E-state index contributed by atoms with van der Waals surface area (Å²) >= 11 is 3.46. The van der Waals surface area contributed by atoms with E-state index in [1.54, 1.807) is 14.0 Å². The molecule has 0 aliphatic carbocycles. The summed E-state index contributed by atoms with van der Waals surface area (Å²) in [6.07, 6.45) is 0. The Kier molecular flexibility index (Phi) is 4.02. The standard InChI is InChI=1S/C18H20BrN5O2/c1-4-22-16(25)14-15(21(3)18(22)26)20-17-23(9-11(2)10-24(14)17)13-7-5-12(19)6-8-13/h5-8,11H,4,9-10H2,1-3H3. The molecular formula is C18H20BrN5O2. The molecule has 0 fully saturated rings. The first-order chi connectivity index (χ1) is 12.4. The number of fused-ring (bicyclic) bond motifs is 3. The molecule has 1 atom stereocenters. The van der Waals surface area contributed by atoms with Crippen LogP contribution >= 0.6 is 15.9 Å². The lowest BCUT2D eigenvalue weighted by atomic mass is 10.1. The molecule has 3 heterocycles. The summed E-state index contributed by atoms with van der Waals surface area (Å²) in [4.78, 5) is 32.2. The summed E-state index contributed by atoms with van der Waals surface area (Å²) in [5.74, 6) is 1.05. The van der Waals surface area contributed by atoms with Crippen molar-refractivity contribution in [3.8, 4) is 0 Å². The average molecular weight is 418 g/mol. The topological polar surface area (TPSA) is 65.1 Å². The number of hydrogen-bond acceptors (Lipinski definition) is 4. The van der Waals surface area contributed by atoms with E-state index in [4.69, 9.17) is 4.98 Å². The molecular weight excluding hydrogens is 398 g/mol. The van der Waals surface area contributed by atoms with E-state index >= 15 is 0 Å². The highest BCUT2D eigenvalue weighted by atomic mass is 79.9. The summed E-state index contributed by atoms with van der Waals surface area (Å²) in [5, 5.41) is 0. The molecule has 1 aromatic carbocycles. The molecule has 0 bridgehead atoms. The van der Waals surface area contributed by atoms with Gasteiger partial charge in [0.15, 0.2) is 11.2 Å². The Morgan fingerprint density at radius 1 is 1.19 bits per heavy atom. The van der Waals surface area contributed by atoms with E-state index in [0.29, 0.717) is 36.1 Å². The van der Waals surface area contributed by atoms with Gasteiger partial charge in [0, 0.05) is 36.8 Å². The molecule has 0 N–H and O–H groups in total. The van der Waals surface area contributed by atoms with Gasteiger partial charge >= 0.3 is 5.69 Å². The second kappa shape index (κ2) is 6.12. The summed E-state index contributed by atoms with van der Waals surface area (Å²) in [5.41, 5.74) is 1.35. The van der Waals surface area contributed by atoms with E-state index in [2.05, 4.69) is 27.8 Å². The number of rotatable bonds is 2. The van der Waals surface area contributed by atoms with Crippen LogP contribution in [0.1, 0.15) is 13.8 Å². The maximum atomic E-state index is 12.9. The van der Waals surface area contributed by atoms with E-state index in [0.717, 1.165) is 16.7 Å². The molecule has 1 unspecified atom stereocenters. The highest BCUT2D eigenvalue weighted by Crippen LogP contribution is 2.33. The zero-order valence-corrected chi connectivity index (χ0v) is 16.5. The van der Waals surface area contributed by atoms with Crippen molar-refractivity contribution in [1.82, 2.24) is 18.7 Å². The van der Waals surface area contributed by atoms with Gasteiger partial charge in [0.1, 0.15) is 0 Å². The van der Waals surface area contributed by atoms with Crippen LogP contribution in [0.25, 0.3) is 11.2 Å². The second-order valence-corrected chi connectivity index (χ2v) is 7.69. The number of aromatic nitrogens is 4. The van der Waals surface area contributed by atoms with Crippen molar-refractivity contribution in [2.24, 2.45) is 13.0 Å². The maximum absolute atomic E-state index is 12.9. The molecule has 26 heavy (non-hydrogen) atoms. The van der Waals surface area contributed by atoms with Crippen LogP contribution < -0.4 is 16.1 Å². The van der Waals surface area contributed by atoms with Gasteiger partial charge in [-0.2, -0.15) is 4.98 Å². The third-order valence-corrected chi connectivity index (χ3v) is 5.43. The lowest BCUT2D eigenvalue weighted by molar-refractivity contribution is 0.458. The van der Waals surface area contributed by atoms with Crippen molar-refractivity contribution in [2.75, 3.05) is 11.4 Å². The van der Waals surface area contributed by atoms with E-state index in [1.165, 1.54) is 9.13 Å².